The molecule has 116 valence electrons. The van der Waals surface area contributed by atoms with Gasteiger partial charge in [-0.1, -0.05) is 6.07 Å². The molecule has 0 aromatic heterocycles. The lowest BCUT2D eigenvalue weighted by atomic mass is 9.97. The van der Waals surface area contributed by atoms with Crippen LogP contribution in [0.25, 0.3) is 0 Å². The second kappa shape index (κ2) is 7.88. The number of ether oxygens (including phenoxy) is 2. The lowest BCUT2D eigenvalue weighted by Gasteiger charge is -2.21. The van der Waals surface area contributed by atoms with Gasteiger partial charge in [-0.15, -0.1) is 0 Å². The molecule has 1 aliphatic heterocycles. The molecule has 1 fully saturated rings. The van der Waals surface area contributed by atoms with E-state index in [1.807, 2.05) is 25.1 Å². The molecule has 21 heavy (non-hydrogen) atoms. The summed E-state index contributed by atoms with van der Waals surface area (Å²) in [4.78, 5) is 12.1. The Labute approximate surface area is 126 Å². The zero-order valence-corrected chi connectivity index (χ0v) is 12.8. The zero-order valence-electron chi connectivity index (χ0n) is 12.8. The average Bonchev–Trinajstić information content (AvgIpc) is 2.54. The highest BCUT2D eigenvalue weighted by molar-refractivity contribution is 5.78. The number of carbonyl (C=O) groups is 1. The summed E-state index contributed by atoms with van der Waals surface area (Å²) in [6.45, 7) is 4.89. The molecule has 1 aromatic rings. The van der Waals surface area contributed by atoms with Gasteiger partial charge in [-0.3, -0.25) is 4.79 Å². The van der Waals surface area contributed by atoms with Crippen molar-refractivity contribution in [1.29, 1.82) is 0 Å². The third-order valence-electron chi connectivity index (χ3n) is 3.70. The molecule has 1 saturated heterocycles. The molecule has 5 heteroatoms. The predicted octanol–water partition coefficient (Wildman–Crippen LogP) is 1.71. The molecule has 5 nitrogen and oxygen atoms in total. The number of piperidine rings is 1. The fraction of sp³-hybridized carbons (Fsp3) is 0.562. The molecule has 0 bridgehead atoms. The molecule has 0 saturated carbocycles. The summed E-state index contributed by atoms with van der Waals surface area (Å²) in [6.07, 6.45) is 1.83. The van der Waals surface area contributed by atoms with E-state index in [2.05, 4.69) is 10.6 Å². The van der Waals surface area contributed by atoms with Crippen molar-refractivity contribution in [1.82, 2.24) is 10.6 Å². The largest absolute Gasteiger partial charge is 0.493 e. The van der Waals surface area contributed by atoms with Crippen LogP contribution in [0, 0.1) is 5.92 Å². The van der Waals surface area contributed by atoms with Gasteiger partial charge in [-0.05, 0) is 50.6 Å². The average molecular weight is 292 g/mol. The van der Waals surface area contributed by atoms with Crippen LogP contribution in [0.4, 0.5) is 0 Å². The highest BCUT2D eigenvalue weighted by Crippen LogP contribution is 2.28. The standard InChI is InChI=1S/C16H24N2O3/c1-3-21-15-10-12(4-5-14(15)20-2)11-18-16(19)13-6-8-17-9-7-13/h4-5,10,13,17H,3,6-9,11H2,1-2H3,(H,18,19). The Hall–Kier alpha value is -1.75. The summed E-state index contributed by atoms with van der Waals surface area (Å²) in [5.74, 6) is 1.71. The smallest absolute Gasteiger partial charge is 0.223 e. The first-order chi connectivity index (χ1) is 10.2. The van der Waals surface area contributed by atoms with E-state index < -0.39 is 0 Å². The Morgan fingerprint density at radius 1 is 1.33 bits per heavy atom. The maximum atomic E-state index is 12.1. The Morgan fingerprint density at radius 2 is 2.10 bits per heavy atom. The first kappa shape index (κ1) is 15.6. The molecule has 0 spiro atoms. The van der Waals surface area contributed by atoms with E-state index in [4.69, 9.17) is 9.47 Å². The fourth-order valence-corrected chi connectivity index (χ4v) is 2.52. The minimum absolute atomic E-state index is 0.135. The van der Waals surface area contributed by atoms with Gasteiger partial charge in [0.25, 0.3) is 0 Å². The SMILES string of the molecule is CCOc1cc(CNC(=O)C2CCNCC2)ccc1OC. The van der Waals surface area contributed by atoms with Crippen molar-refractivity contribution in [3.8, 4) is 11.5 Å². The van der Waals surface area contributed by atoms with Crippen molar-refractivity contribution in [2.24, 2.45) is 5.92 Å². The number of benzene rings is 1. The number of carbonyl (C=O) groups excluding carboxylic acids is 1. The van der Waals surface area contributed by atoms with Crippen LogP contribution in [0.3, 0.4) is 0 Å². The van der Waals surface area contributed by atoms with Crippen LogP contribution in [0.15, 0.2) is 18.2 Å². The molecule has 0 aliphatic carbocycles. The maximum Gasteiger partial charge on any atom is 0.223 e. The normalized spacial score (nSPS) is 15.5. The van der Waals surface area contributed by atoms with E-state index >= 15 is 0 Å². The quantitative estimate of drug-likeness (QED) is 0.838. The molecule has 2 rings (SSSR count). The number of methoxy groups -OCH3 is 1. The van der Waals surface area contributed by atoms with E-state index in [1.165, 1.54) is 0 Å². The second-order valence-electron chi connectivity index (χ2n) is 5.16. The highest BCUT2D eigenvalue weighted by Gasteiger charge is 2.20. The molecule has 0 radical (unpaired) electrons. The molecule has 1 aliphatic rings. The molecular weight excluding hydrogens is 268 g/mol. The Kier molecular flexibility index (Phi) is 5.87. The minimum atomic E-state index is 0.135. The number of nitrogens with one attached hydrogen (secondary N) is 2. The van der Waals surface area contributed by atoms with Gasteiger partial charge in [0, 0.05) is 12.5 Å². The van der Waals surface area contributed by atoms with Gasteiger partial charge >= 0.3 is 0 Å². The third-order valence-corrected chi connectivity index (χ3v) is 3.70. The number of hydrogen-bond donors (Lipinski definition) is 2. The predicted molar refractivity (Wildman–Crippen MR) is 81.6 cm³/mol. The van der Waals surface area contributed by atoms with Crippen molar-refractivity contribution in [3.63, 3.8) is 0 Å². The Bertz CT molecular complexity index is 471. The van der Waals surface area contributed by atoms with Gasteiger partial charge in [0.15, 0.2) is 11.5 Å². The van der Waals surface area contributed by atoms with Gasteiger partial charge in [0.1, 0.15) is 0 Å². The first-order valence-corrected chi connectivity index (χ1v) is 7.52. The topological polar surface area (TPSA) is 59.6 Å². The van der Waals surface area contributed by atoms with E-state index in [1.54, 1.807) is 7.11 Å². The van der Waals surface area contributed by atoms with Crippen LogP contribution in [-0.2, 0) is 11.3 Å². The van der Waals surface area contributed by atoms with Gasteiger partial charge in [-0.25, -0.2) is 0 Å². The molecular formula is C16H24N2O3. The Morgan fingerprint density at radius 3 is 2.76 bits per heavy atom. The van der Waals surface area contributed by atoms with Gasteiger partial charge in [0.2, 0.25) is 5.91 Å². The monoisotopic (exact) mass is 292 g/mol. The minimum Gasteiger partial charge on any atom is -0.493 e. The second-order valence-corrected chi connectivity index (χ2v) is 5.16. The van der Waals surface area contributed by atoms with Crippen molar-refractivity contribution in [2.75, 3.05) is 26.8 Å². The van der Waals surface area contributed by atoms with E-state index in [0.29, 0.717) is 24.7 Å². The summed E-state index contributed by atoms with van der Waals surface area (Å²) >= 11 is 0. The number of amides is 1. The summed E-state index contributed by atoms with van der Waals surface area (Å²) in [7, 11) is 1.62. The van der Waals surface area contributed by atoms with E-state index in [9.17, 15) is 4.79 Å². The maximum absolute atomic E-state index is 12.1. The highest BCUT2D eigenvalue weighted by atomic mass is 16.5. The van der Waals surface area contributed by atoms with Crippen molar-refractivity contribution in [2.45, 2.75) is 26.3 Å². The lowest BCUT2D eigenvalue weighted by Crippen LogP contribution is -2.37. The van der Waals surface area contributed by atoms with E-state index in [0.717, 1.165) is 31.5 Å². The third kappa shape index (κ3) is 4.36. The van der Waals surface area contributed by atoms with Crippen LogP contribution < -0.4 is 20.1 Å². The summed E-state index contributed by atoms with van der Waals surface area (Å²) in [5.41, 5.74) is 1.02. The first-order valence-electron chi connectivity index (χ1n) is 7.52. The van der Waals surface area contributed by atoms with Crippen LogP contribution in [0.1, 0.15) is 25.3 Å². The number of hydrogen-bond acceptors (Lipinski definition) is 4. The molecule has 2 N–H and O–H groups in total. The summed E-state index contributed by atoms with van der Waals surface area (Å²) in [5, 5.41) is 6.28. The lowest BCUT2D eigenvalue weighted by molar-refractivity contribution is -0.125. The molecule has 1 amide bonds. The number of rotatable bonds is 6. The Balaban J connectivity index is 1.92. The van der Waals surface area contributed by atoms with Gasteiger partial charge in [0.05, 0.1) is 13.7 Å². The molecule has 0 unspecified atom stereocenters. The van der Waals surface area contributed by atoms with Crippen molar-refractivity contribution in [3.05, 3.63) is 23.8 Å². The molecule has 1 heterocycles. The molecule has 0 atom stereocenters. The van der Waals surface area contributed by atoms with Crippen molar-refractivity contribution < 1.29 is 14.3 Å². The summed E-state index contributed by atoms with van der Waals surface area (Å²) in [6, 6.07) is 5.74. The van der Waals surface area contributed by atoms with Gasteiger partial charge < -0.3 is 20.1 Å². The summed E-state index contributed by atoms with van der Waals surface area (Å²) < 4.78 is 10.8. The van der Waals surface area contributed by atoms with Crippen LogP contribution in [0.2, 0.25) is 0 Å². The zero-order chi connectivity index (χ0) is 15.1. The van der Waals surface area contributed by atoms with Crippen LogP contribution in [-0.4, -0.2) is 32.7 Å². The van der Waals surface area contributed by atoms with Crippen LogP contribution in [0.5, 0.6) is 11.5 Å². The fourth-order valence-electron chi connectivity index (χ4n) is 2.52. The molecule has 1 aromatic carbocycles. The van der Waals surface area contributed by atoms with Gasteiger partial charge in [-0.2, -0.15) is 0 Å². The van der Waals surface area contributed by atoms with Crippen molar-refractivity contribution >= 4 is 5.91 Å². The van der Waals surface area contributed by atoms with Crippen LogP contribution >= 0.6 is 0 Å². The van der Waals surface area contributed by atoms with E-state index in [-0.39, 0.29) is 11.8 Å².